The van der Waals surface area contributed by atoms with Crippen LogP contribution in [0.1, 0.15) is 63.1 Å². The normalized spacial score (nSPS) is 13.9. The Bertz CT molecular complexity index is 1190. The Kier molecular flexibility index (Phi) is 9.66. The van der Waals surface area contributed by atoms with Gasteiger partial charge in [-0.2, -0.15) is 0 Å². The van der Waals surface area contributed by atoms with Crippen molar-refractivity contribution in [1.29, 1.82) is 0 Å². The zero-order valence-corrected chi connectivity index (χ0v) is 23.0. The topological polar surface area (TPSA) is 37.8 Å². The van der Waals surface area contributed by atoms with Gasteiger partial charge in [0.2, 0.25) is 5.95 Å². The minimum Gasteiger partial charge on any atom is -0.324 e. The molecule has 36 heavy (non-hydrogen) atoms. The van der Waals surface area contributed by atoms with Crippen LogP contribution in [0.15, 0.2) is 54.6 Å². The smallest absolute Gasteiger partial charge is 0.227 e. The molecule has 0 saturated heterocycles. The second kappa shape index (κ2) is 12.5. The highest BCUT2D eigenvalue weighted by atomic mass is 32.3. The summed E-state index contributed by atoms with van der Waals surface area (Å²) in [6, 6.07) is 10.8. The van der Waals surface area contributed by atoms with Crippen LogP contribution in [0.3, 0.4) is 0 Å². The lowest BCUT2D eigenvalue weighted by atomic mass is 9.98. The molecule has 0 spiro atoms. The Labute approximate surface area is 216 Å². The predicted octanol–water partition coefficient (Wildman–Crippen LogP) is 9.08. The number of nitrogens with zero attached hydrogens (tertiary/aromatic N) is 2. The highest BCUT2D eigenvalue weighted by molar-refractivity contribution is 8.35. The number of benzene rings is 2. The van der Waals surface area contributed by atoms with E-state index >= 15 is 0 Å². The molecule has 3 nitrogen and oxygen atoms in total. The van der Waals surface area contributed by atoms with Gasteiger partial charge < -0.3 is 5.32 Å². The largest absolute Gasteiger partial charge is 0.324 e. The van der Waals surface area contributed by atoms with E-state index in [-0.39, 0.29) is 11.5 Å². The summed E-state index contributed by atoms with van der Waals surface area (Å²) in [4.78, 5) is 8.71. The van der Waals surface area contributed by atoms with E-state index in [1.807, 2.05) is 6.07 Å². The molecule has 0 radical (unpaired) electrons. The third kappa shape index (κ3) is 7.16. The van der Waals surface area contributed by atoms with Gasteiger partial charge in [-0.25, -0.2) is 28.8 Å². The first kappa shape index (κ1) is 27.9. The third-order valence-electron chi connectivity index (χ3n) is 6.69. The van der Waals surface area contributed by atoms with Crippen molar-refractivity contribution in [1.82, 2.24) is 9.97 Å². The number of halogens is 2. The second-order valence-corrected chi connectivity index (χ2v) is 13.9. The minimum absolute atomic E-state index is 0.189. The van der Waals surface area contributed by atoms with Crippen LogP contribution in [0.25, 0.3) is 11.3 Å². The summed E-state index contributed by atoms with van der Waals surface area (Å²) in [5.74, 6) is 0.414. The molecule has 0 amide bonds. The lowest BCUT2D eigenvalue weighted by Crippen LogP contribution is -2.10. The van der Waals surface area contributed by atoms with E-state index in [1.54, 1.807) is 6.07 Å². The average Bonchev–Trinajstić information content (AvgIpc) is 2.83. The molecule has 0 bridgehead atoms. The summed E-state index contributed by atoms with van der Waals surface area (Å²) in [7, 11) is -0.997. The van der Waals surface area contributed by atoms with Crippen molar-refractivity contribution in [2.75, 3.05) is 11.6 Å². The second-order valence-electron chi connectivity index (χ2n) is 9.92. The number of nitrogens with one attached hydrogen (secondary N) is 1. The Hall–Kier alpha value is -2.73. The molecule has 0 aliphatic heterocycles. The van der Waals surface area contributed by atoms with Crippen molar-refractivity contribution in [2.24, 2.45) is 0 Å². The number of aromatic nitrogens is 2. The summed E-state index contributed by atoms with van der Waals surface area (Å²) >= 11 is 0. The third-order valence-corrected chi connectivity index (χ3v) is 10.6. The number of hydrogen-bond acceptors (Lipinski definition) is 3. The lowest BCUT2D eigenvalue weighted by molar-refractivity contribution is 0.614. The van der Waals surface area contributed by atoms with Gasteiger partial charge >= 0.3 is 0 Å². The summed E-state index contributed by atoms with van der Waals surface area (Å²) < 4.78 is 28.9. The summed E-state index contributed by atoms with van der Waals surface area (Å²) in [5, 5.41) is 5.91. The van der Waals surface area contributed by atoms with Gasteiger partial charge in [-0.3, -0.25) is 0 Å². The first-order valence-corrected chi connectivity index (χ1v) is 15.0. The molecular weight excluding hydrogens is 472 g/mol. The molecule has 0 aliphatic carbocycles. The van der Waals surface area contributed by atoms with Crippen LogP contribution >= 0.6 is 10.0 Å². The standard InChI is InChI=1S/C30H39F2N3S/c1-7-9-10-11-12-24-18-25(31)13-14-27(24)29-28(32)19-33-30(35-29)34-26-16-22(5)15-23(17-26)20-36(6,8-2)21(3)4/h8,13-19,21H,2,7,9-12,20H2,1,3-6H3,(H,33,34,35). The average molecular weight is 512 g/mol. The number of aryl methyl sites for hydroxylation is 2. The van der Waals surface area contributed by atoms with Crippen molar-refractivity contribution in [2.45, 2.75) is 70.8 Å². The predicted molar refractivity (Wildman–Crippen MR) is 152 cm³/mol. The number of anilines is 2. The zero-order chi connectivity index (χ0) is 26.3. The molecule has 0 saturated carbocycles. The SMILES string of the molecule is C=CS(C)(Cc1cc(C)cc(Nc2ncc(F)c(-c3ccc(F)cc3CCCCCC)n2)c1)C(C)C. The monoisotopic (exact) mass is 511 g/mol. The number of hydrogen-bond donors (Lipinski definition) is 1. The molecule has 1 unspecified atom stereocenters. The Morgan fingerprint density at radius 2 is 1.86 bits per heavy atom. The van der Waals surface area contributed by atoms with Gasteiger partial charge in [-0.05, 0) is 78.3 Å². The molecule has 1 aromatic heterocycles. The van der Waals surface area contributed by atoms with Crippen molar-refractivity contribution < 1.29 is 8.78 Å². The van der Waals surface area contributed by atoms with Crippen molar-refractivity contribution in [3.8, 4) is 11.3 Å². The molecule has 6 heteroatoms. The van der Waals surface area contributed by atoms with E-state index in [1.165, 1.54) is 23.9 Å². The highest BCUT2D eigenvalue weighted by Gasteiger charge is 2.20. The number of rotatable bonds is 12. The van der Waals surface area contributed by atoms with Gasteiger partial charge in [0.25, 0.3) is 0 Å². The van der Waals surface area contributed by atoms with E-state index in [0.717, 1.165) is 48.3 Å². The fourth-order valence-corrected chi connectivity index (χ4v) is 6.00. The summed E-state index contributed by atoms with van der Waals surface area (Å²) in [5.41, 5.74) is 4.78. The first-order chi connectivity index (χ1) is 17.1. The molecule has 0 aliphatic rings. The van der Waals surface area contributed by atoms with Crippen LogP contribution in [0.5, 0.6) is 0 Å². The molecule has 1 atom stereocenters. The van der Waals surface area contributed by atoms with Crippen molar-refractivity contribution in [3.63, 3.8) is 0 Å². The maximum atomic E-state index is 14.9. The Balaban J connectivity index is 1.90. The molecule has 0 fully saturated rings. The maximum Gasteiger partial charge on any atom is 0.227 e. The van der Waals surface area contributed by atoms with Crippen LogP contribution in [-0.4, -0.2) is 21.5 Å². The molecule has 194 valence electrons. The quantitative estimate of drug-likeness (QED) is 0.246. The Morgan fingerprint density at radius 3 is 2.56 bits per heavy atom. The zero-order valence-electron chi connectivity index (χ0n) is 22.2. The molecule has 3 aromatic rings. The lowest BCUT2D eigenvalue weighted by Gasteiger charge is -2.37. The molecule has 1 heterocycles. The molecule has 3 rings (SSSR count). The fourth-order valence-electron chi connectivity index (χ4n) is 4.28. The van der Waals surface area contributed by atoms with E-state index in [2.05, 4.69) is 73.4 Å². The van der Waals surface area contributed by atoms with Crippen molar-refractivity contribution >= 4 is 21.7 Å². The van der Waals surface area contributed by atoms with Gasteiger partial charge in [0.15, 0.2) is 5.82 Å². The number of unbranched alkanes of at least 4 members (excludes halogenated alkanes) is 3. The minimum atomic E-state index is -0.997. The van der Waals surface area contributed by atoms with Gasteiger partial charge in [-0.1, -0.05) is 58.1 Å². The van der Waals surface area contributed by atoms with Gasteiger partial charge in [-0.15, -0.1) is 0 Å². The summed E-state index contributed by atoms with van der Waals surface area (Å²) in [6.07, 6.45) is 8.41. The van der Waals surface area contributed by atoms with Crippen LogP contribution in [0, 0.1) is 18.6 Å². The van der Waals surface area contributed by atoms with Crippen molar-refractivity contribution in [3.05, 3.63) is 82.9 Å². The van der Waals surface area contributed by atoms with Crippen LogP contribution in [-0.2, 0) is 12.2 Å². The van der Waals surface area contributed by atoms with Crippen LogP contribution < -0.4 is 5.32 Å². The summed E-state index contributed by atoms with van der Waals surface area (Å²) in [6.45, 7) is 12.8. The van der Waals surface area contributed by atoms with E-state index in [0.29, 0.717) is 23.2 Å². The van der Waals surface area contributed by atoms with E-state index < -0.39 is 15.8 Å². The maximum absolute atomic E-state index is 14.9. The van der Waals surface area contributed by atoms with E-state index in [4.69, 9.17) is 0 Å². The van der Waals surface area contributed by atoms with Crippen LogP contribution in [0.4, 0.5) is 20.4 Å². The first-order valence-electron chi connectivity index (χ1n) is 12.7. The highest BCUT2D eigenvalue weighted by Crippen LogP contribution is 2.53. The van der Waals surface area contributed by atoms with Gasteiger partial charge in [0.05, 0.1) is 6.20 Å². The van der Waals surface area contributed by atoms with Gasteiger partial charge in [0.1, 0.15) is 11.5 Å². The molecule has 1 N–H and O–H groups in total. The molecular formula is C30H39F2N3S. The van der Waals surface area contributed by atoms with Gasteiger partial charge in [0, 0.05) is 17.0 Å². The van der Waals surface area contributed by atoms with E-state index in [9.17, 15) is 8.78 Å². The Morgan fingerprint density at radius 1 is 1.08 bits per heavy atom. The van der Waals surface area contributed by atoms with Crippen LogP contribution in [0.2, 0.25) is 0 Å². The molecule has 2 aromatic carbocycles. The fraction of sp³-hybridized carbons (Fsp3) is 0.400.